The number of nitrogens with zero attached hydrogens (tertiary/aromatic N) is 11. The Labute approximate surface area is 325 Å². The molecule has 0 saturated heterocycles. The van der Waals surface area contributed by atoms with Gasteiger partial charge in [0.15, 0.2) is 30.6 Å². The van der Waals surface area contributed by atoms with Gasteiger partial charge in [-0.25, -0.2) is 9.67 Å². The SMILES string of the molecule is CC(=O)C(C)(C)C.CC(=O)Cn1nnnc1C(C)C.CC(C)(C)P(=O)(O)O.CC(C)(C)S(=O)(=O)O.CC(C)C1=NCN=N1.CC(C)c1nnn(CC(=O)O)n1. The Morgan fingerprint density at radius 3 is 1.51 bits per heavy atom. The van der Waals surface area contributed by atoms with Crippen LogP contribution in [-0.2, 0) is 42.2 Å². The Hall–Kier alpha value is -3.72. The molecule has 0 unspecified atom stereocenters. The normalized spacial score (nSPS) is 12.7. The number of amidine groups is 1. The molecule has 2 aromatic rings. The fraction of sp³-hybridized carbons (Fsp3) is 0.812. The van der Waals surface area contributed by atoms with Gasteiger partial charge in [-0.15, -0.1) is 20.4 Å². The molecule has 0 amide bonds. The summed E-state index contributed by atoms with van der Waals surface area (Å²) in [4.78, 5) is 53.5. The van der Waals surface area contributed by atoms with E-state index < -0.39 is 33.6 Å². The predicted molar refractivity (Wildman–Crippen MR) is 207 cm³/mol. The highest BCUT2D eigenvalue weighted by atomic mass is 32.2. The molecule has 55 heavy (non-hydrogen) atoms. The van der Waals surface area contributed by atoms with Crippen LogP contribution in [0.3, 0.4) is 0 Å². The molecule has 3 rings (SSSR count). The highest BCUT2D eigenvalue weighted by Gasteiger charge is 2.32. The lowest BCUT2D eigenvalue weighted by Crippen LogP contribution is -2.26. The topological polar surface area (TPSA) is 308 Å². The van der Waals surface area contributed by atoms with Gasteiger partial charge in [0, 0.05) is 23.2 Å². The van der Waals surface area contributed by atoms with Crippen LogP contribution in [0.4, 0.5) is 0 Å². The van der Waals surface area contributed by atoms with E-state index in [1.54, 1.807) is 6.92 Å². The van der Waals surface area contributed by atoms with Crippen LogP contribution in [-0.4, -0.2) is 108 Å². The van der Waals surface area contributed by atoms with Crippen LogP contribution in [0, 0.1) is 11.3 Å². The zero-order valence-corrected chi connectivity index (χ0v) is 37.1. The standard InChI is InChI=1S/C7H12N4O.C6H10N4O2.C6H12O.C5H9N3.C4H11O3P.C4H10O3S/c1-5(2)7-8-9-10-11(7)4-6(3)12;1-4(2)6-7-9-10(8-6)3-5(11)12;1-5(7)6(2,3)4;1-4(2)5-6-3-7-8-5;2*1-4(2,3)8(5,6)7/h5H,4H2,1-3H3;4H,3H2,1-2H3,(H,11,12);1-4H3;4H,3H2,1-2H3;1-3H3,(H2,5,6,7);1-3H3,(H,5,6,7). The molecule has 0 spiro atoms. The Bertz CT molecular complexity index is 1690. The summed E-state index contributed by atoms with van der Waals surface area (Å²) in [6.07, 6.45) is 0. The van der Waals surface area contributed by atoms with E-state index >= 15 is 0 Å². The fourth-order valence-corrected chi connectivity index (χ4v) is 2.16. The van der Waals surface area contributed by atoms with E-state index in [4.69, 9.17) is 19.4 Å². The van der Waals surface area contributed by atoms with E-state index in [1.807, 2.05) is 48.5 Å². The summed E-state index contributed by atoms with van der Waals surface area (Å²) >= 11 is 0. The molecule has 4 N–H and O–H groups in total. The quantitative estimate of drug-likeness (QED) is 0.211. The van der Waals surface area contributed by atoms with Gasteiger partial charge in [0.25, 0.3) is 10.1 Å². The van der Waals surface area contributed by atoms with E-state index in [0.29, 0.717) is 18.4 Å². The lowest BCUT2D eigenvalue weighted by molar-refractivity contribution is -0.138. The molecule has 0 aromatic carbocycles. The molecule has 23 heteroatoms. The van der Waals surface area contributed by atoms with Crippen LogP contribution in [0.2, 0.25) is 0 Å². The van der Waals surface area contributed by atoms with Crippen molar-refractivity contribution in [3.05, 3.63) is 11.6 Å². The number of aliphatic imine (C=N–C) groups is 1. The molecule has 2 aromatic heterocycles. The van der Waals surface area contributed by atoms with Crippen LogP contribution >= 0.6 is 7.60 Å². The average Bonchev–Trinajstić information content (AvgIpc) is 3.74. The number of aliphatic carboxylic acids is 1. The first-order chi connectivity index (χ1) is 24.4. The second-order valence-corrected chi connectivity index (χ2v) is 20.5. The smallest absolute Gasteiger partial charge is 0.330 e. The third kappa shape index (κ3) is 26.7. The fourth-order valence-electron chi connectivity index (χ4n) is 2.16. The van der Waals surface area contributed by atoms with Gasteiger partial charge in [-0.1, -0.05) is 62.3 Å². The number of Topliss-reactive ketones (excluding diaryl/α,β-unsaturated/α-hetero) is 2. The molecule has 0 aliphatic carbocycles. The molecular weight excluding hydrogens is 761 g/mol. The summed E-state index contributed by atoms with van der Waals surface area (Å²) in [5.74, 6) is 2.39. The first-order valence-electron chi connectivity index (χ1n) is 17.2. The Morgan fingerprint density at radius 2 is 1.27 bits per heavy atom. The van der Waals surface area contributed by atoms with Crippen molar-refractivity contribution in [3.8, 4) is 0 Å². The lowest BCUT2D eigenvalue weighted by Gasteiger charge is -2.18. The van der Waals surface area contributed by atoms with E-state index in [1.165, 1.54) is 53.1 Å². The molecule has 1 aliphatic heterocycles. The number of hydrogen-bond acceptors (Lipinski definition) is 15. The van der Waals surface area contributed by atoms with Crippen LogP contribution in [0.1, 0.15) is 141 Å². The molecule has 0 fully saturated rings. The summed E-state index contributed by atoms with van der Waals surface area (Å²) in [5, 5.41) is 37.2. The van der Waals surface area contributed by atoms with Gasteiger partial charge in [0.2, 0.25) is 0 Å². The highest BCUT2D eigenvalue weighted by molar-refractivity contribution is 7.87. The Kier molecular flexibility index (Phi) is 24.3. The number of ketones is 2. The van der Waals surface area contributed by atoms with E-state index in [0.717, 1.165) is 16.5 Å². The predicted octanol–water partition coefficient (Wildman–Crippen LogP) is 4.99. The monoisotopic (exact) mass is 825 g/mol. The number of carboxylic acid groups (broad SMARTS) is 1. The number of hydrogen-bond donors (Lipinski definition) is 4. The zero-order valence-electron chi connectivity index (χ0n) is 35.4. The number of carbonyl (C=O) groups excluding carboxylic acids is 2. The molecular formula is C32H64N11O10PS. The van der Waals surface area contributed by atoms with Crippen molar-refractivity contribution in [2.45, 2.75) is 153 Å². The van der Waals surface area contributed by atoms with Gasteiger partial charge in [-0.2, -0.15) is 18.3 Å². The highest BCUT2D eigenvalue weighted by Crippen LogP contribution is 2.49. The number of tetrazole rings is 2. The Morgan fingerprint density at radius 1 is 0.818 bits per heavy atom. The molecule has 0 bridgehead atoms. The number of aromatic nitrogens is 8. The molecule has 1 aliphatic rings. The second kappa shape index (κ2) is 24.0. The van der Waals surface area contributed by atoms with Gasteiger partial charge in [-0.05, 0) is 71.0 Å². The Balaban J connectivity index is -0.000000599. The van der Waals surface area contributed by atoms with Gasteiger partial charge in [-0.3, -0.25) is 23.5 Å². The number of azo groups is 1. The molecule has 3 heterocycles. The second-order valence-electron chi connectivity index (χ2n) is 15.9. The maximum absolute atomic E-state index is 10.8. The summed E-state index contributed by atoms with van der Waals surface area (Å²) in [7, 11) is -7.69. The van der Waals surface area contributed by atoms with Gasteiger partial charge in [0.1, 0.15) is 18.2 Å². The number of carbonyl (C=O) groups is 3. The van der Waals surface area contributed by atoms with Crippen molar-refractivity contribution in [2.24, 2.45) is 26.6 Å². The first kappa shape index (κ1) is 55.6. The van der Waals surface area contributed by atoms with Crippen molar-refractivity contribution in [2.75, 3.05) is 6.67 Å². The minimum absolute atomic E-state index is 0.0594. The molecule has 0 radical (unpaired) electrons. The first-order valence-corrected chi connectivity index (χ1v) is 20.2. The van der Waals surface area contributed by atoms with Crippen molar-refractivity contribution in [1.29, 1.82) is 0 Å². The van der Waals surface area contributed by atoms with E-state index in [2.05, 4.69) is 60.0 Å². The van der Waals surface area contributed by atoms with Crippen molar-refractivity contribution in [1.82, 2.24) is 40.4 Å². The average molecular weight is 826 g/mol. The van der Waals surface area contributed by atoms with Gasteiger partial charge in [0.05, 0.1) is 9.90 Å². The van der Waals surface area contributed by atoms with Crippen LogP contribution in [0.15, 0.2) is 15.2 Å². The van der Waals surface area contributed by atoms with Crippen molar-refractivity contribution >= 4 is 41.1 Å². The maximum atomic E-state index is 10.8. The van der Waals surface area contributed by atoms with E-state index in [-0.39, 0.29) is 41.9 Å². The largest absolute Gasteiger partial charge is 0.480 e. The summed E-state index contributed by atoms with van der Waals surface area (Å²) in [6.45, 7) is 30.2. The van der Waals surface area contributed by atoms with Gasteiger partial charge < -0.3 is 14.9 Å². The number of carboxylic acids is 1. The maximum Gasteiger partial charge on any atom is 0.330 e. The van der Waals surface area contributed by atoms with Crippen LogP contribution in [0.5, 0.6) is 0 Å². The van der Waals surface area contributed by atoms with Crippen LogP contribution in [0.25, 0.3) is 0 Å². The summed E-state index contributed by atoms with van der Waals surface area (Å²) in [6, 6.07) is 0. The molecule has 318 valence electrons. The third-order valence-corrected chi connectivity index (χ3v) is 9.69. The van der Waals surface area contributed by atoms with E-state index in [9.17, 15) is 27.4 Å². The molecule has 0 atom stereocenters. The third-order valence-electron chi connectivity index (χ3n) is 6.40. The van der Waals surface area contributed by atoms with Crippen LogP contribution < -0.4 is 0 Å². The van der Waals surface area contributed by atoms with Gasteiger partial charge >= 0.3 is 13.6 Å². The minimum atomic E-state index is -3.85. The summed E-state index contributed by atoms with van der Waals surface area (Å²) < 4.78 is 39.6. The lowest BCUT2D eigenvalue weighted by atomic mass is 9.92. The number of rotatable bonds is 7. The summed E-state index contributed by atoms with van der Waals surface area (Å²) in [5.41, 5.74) is -0.139. The molecule has 0 saturated carbocycles. The van der Waals surface area contributed by atoms with Crippen molar-refractivity contribution in [3.63, 3.8) is 0 Å². The zero-order chi connectivity index (χ0) is 44.3. The van der Waals surface area contributed by atoms with Crippen molar-refractivity contribution < 1.29 is 46.8 Å². The molecule has 21 nitrogen and oxygen atoms in total. The minimum Gasteiger partial charge on any atom is -0.480 e.